The van der Waals surface area contributed by atoms with Gasteiger partial charge in [-0.3, -0.25) is 0 Å². The van der Waals surface area contributed by atoms with Gasteiger partial charge in [0.15, 0.2) is 0 Å². The lowest BCUT2D eigenvalue weighted by Crippen LogP contribution is -2.26. The molecule has 0 fully saturated rings. The zero-order valence-corrected chi connectivity index (χ0v) is 11.4. The molecule has 0 aromatic heterocycles. The van der Waals surface area contributed by atoms with Gasteiger partial charge < -0.3 is 5.32 Å². The Morgan fingerprint density at radius 3 is 2.68 bits per heavy atom. The molecule has 7 heteroatoms. The highest BCUT2D eigenvalue weighted by Gasteiger charge is 2.03. The van der Waals surface area contributed by atoms with Crippen molar-refractivity contribution in [1.29, 1.82) is 5.26 Å². The van der Waals surface area contributed by atoms with Crippen LogP contribution in [0.3, 0.4) is 0 Å². The van der Waals surface area contributed by atoms with Gasteiger partial charge in [-0.25, -0.2) is 17.5 Å². The molecule has 2 N–H and O–H groups in total. The Balaban J connectivity index is 2.29. The van der Waals surface area contributed by atoms with E-state index in [9.17, 15) is 12.8 Å². The van der Waals surface area contributed by atoms with Crippen molar-refractivity contribution in [1.82, 2.24) is 10.0 Å². The van der Waals surface area contributed by atoms with Crippen LogP contribution in [0.2, 0.25) is 0 Å². The number of nitrogens with zero attached hydrogens (tertiary/aromatic N) is 1. The standard InChI is InChI=1S/C12H16FN3O2S/c1-19(17,18)16-6-2-5-15-9-11-4-3-10(8-14)7-12(11)13/h3-4,7,15-16H,2,5-6,9H2,1H3. The third-order valence-corrected chi connectivity index (χ3v) is 3.12. The SMILES string of the molecule is CS(=O)(=O)NCCCNCc1ccc(C#N)cc1F. The van der Waals surface area contributed by atoms with E-state index in [4.69, 9.17) is 5.26 Å². The second-order valence-corrected chi connectivity index (χ2v) is 5.95. The predicted molar refractivity (Wildman–Crippen MR) is 70.3 cm³/mol. The van der Waals surface area contributed by atoms with Crippen LogP contribution < -0.4 is 10.0 Å². The Kier molecular flexibility index (Phi) is 5.89. The molecule has 0 bridgehead atoms. The molecule has 0 amide bonds. The van der Waals surface area contributed by atoms with Crippen molar-refractivity contribution in [2.45, 2.75) is 13.0 Å². The van der Waals surface area contributed by atoms with E-state index in [0.717, 1.165) is 6.26 Å². The van der Waals surface area contributed by atoms with Crippen LogP contribution in [-0.2, 0) is 16.6 Å². The van der Waals surface area contributed by atoms with Gasteiger partial charge in [0.1, 0.15) is 5.82 Å². The maximum atomic E-state index is 13.5. The van der Waals surface area contributed by atoms with Crippen molar-refractivity contribution in [3.8, 4) is 6.07 Å². The number of halogens is 1. The molecule has 0 aliphatic carbocycles. The monoisotopic (exact) mass is 285 g/mol. The molecule has 0 saturated heterocycles. The van der Waals surface area contributed by atoms with Gasteiger partial charge in [-0.1, -0.05) is 6.07 Å². The first-order valence-corrected chi connectivity index (χ1v) is 7.65. The van der Waals surface area contributed by atoms with E-state index in [1.165, 1.54) is 6.07 Å². The van der Waals surface area contributed by atoms with Gasteiger partial charge in [-0.05, 0) is 25.1 Å². The van der Waals surface area contributed by atoms with Crippen molar-refractivity contribution in [3.63, 3.8) is 0 Å². The maximum Gasteiger partial charge on any atom is 0.208 e. The van der Waals surface area contributed by atoms with Gasteiger partial charge in [0, 0.05) is 18.7 Å². The Labute approximate surface area is 112 Å². The number of nitrogens with one attached hydrogen (secondary N) is 2. The first kappa shape index (κ1) is 15.6. The summed E-state index contributed by atoms with van der Waals surface area (Å²) in [7, 11) is -3.15. The van der Waals surface area contributed by atoms with Crippen LogP contribution in [0.4, 0.5) is 4.39 Å². The lowest BCUT2D eigenvalue weighted by Gasteiger charge is -2.06. The summed E-state index contributed by atoms with van der Waals surface area (Å²) in [5.41, 5.74) is 0.772. The summed E-state index contributed by atoms with van der Waals surface area (Å²) in [5.74, 6) is -0.416. The molecule has 0 saturated carbocycles. The molecule has 19 heavy (non-hydrogen) atoms. The topological polar surface area (TPSA) is 82.0 Å². The number of sulfonamides is 1. The van der Waals surface area contributed by atoms with Gasteiger partial charge in [-0.15, -0.1) is 0 Å². The number of rotatable bonds is 7. The zero-order chi connectivity index (χ0) is 14.3. The summed E-state index contributed by atoms with van der Waals surface area (Å²) in [5, 5.41) is 11.6. The quantitative estimate of drug-likeness (QED) is 0.723. The molecule has 1 aromatic carbocycles. The first-order valence-electron chi connectivity index (χ1n) is 5.76. The van der Waals surface area contributed by atoms with Gasteiger partial charge in [0.05, 0.1) is 17.9 Å². The highest BCUT2D eigenvalue weighted by molar-refractivity contribution is 7.88. The maximum absolute atomic E-state index is 13.5. The van der Waals surface area contributed by atoms with E-state index in [2.05, 4.69) is 10.0 Å². The van der Waals surface area contributed by atoms with Crippen molar-refractivity contribution < 1.29 is 12.8 Å². The van der Waals surface area contributed by atoms with Crippen molar-refractivity contribution in [2.75, 3.05) is 19.3 Å². The molecule has 0 radical (unpaired) electrons. The summed E-state index contributed by atoms with van der Waals surface area (Å²) in [6.07, 6.45) is 1.72. The number of benzene rings is 1. The second-order valence-electron chi connectivity index (χ2n) is 4.11. The smallest absolute Gasteiger partial charge is 0.208 e. The highest BCUT2D eigenvalue weighted by atomic mass is 32.2. The molecule has 0 spiro atoms. The van der Waals surface area contributed by atoms with Gasteiger partial charge >= 0.3 is 0 Å². The van der Waals surface area contributed by atoms with Crippen LogP contribution in [0.1, 0.15) is 17.5 Å². The third-order valence-electron chi connectivity index (χ3n) is 2.39. The fourth-order valence-corrected chi connectivity index (χ4v) is 1.97. The predicted octanol–water partition coefficient (Wildman–Crippen LogP) is 0.726. The zero-order valence-electron chi connectivity index (χ0n) is 10.6. The van der Waals surface area contributed by atoms with Crippen LogP contribution in [0.15, 0.2) is 18.2 Å². The molecular formula is C12H16FN3O2S. The van der Waals surface area contributed by atoms with Gasteiger partial charge in [-0.2, -0.15) is 5.26 Å². The van der Waals surface area contributed by atoms with E-state index >= 15 is 0 Å². The minimum atomic E-state index is -3.15. The van der Waals surface area contributed by atoms with Crippen LogP contribution in [0.25, 0.3) is 0 Å². The summed E-state index contributed by atoms with van der Waals surface area (Å²) in [6, 6.07) is 6.19. The van der Waals surface area contributed by atoms with Crippen molar-refractivity contribution in [3.05, 3.63) is 35.1 Å². The Bertz CT molecular complexity index is 567. The molecule has 0 aliphatic heterocycles. The summed E-state index contributed by atoms with van der Waals surface area (Å²) < 4.78 is 37.4. The van der Waals surface area contributed by atoms with E-state index in [1.54, 1.807) is 12.1 Å². The lowest BCUT2D eigenvalue weighted by atomic mass is 10.1. The van der Waals surface area contributed by atoms with E-state index < -0.39 is 15.8 Å². The van der Waals surface area contributed by atoms with Gasteiger partial charge in [0.25, 0.3) is 0 Å². The molecule has 0 unspecified atom stereocenters. The summed E-state index contributed by atoms with van der Waals surface area (Å²) in [6.45, 7) is 1.26. The minimum Gasteiger partial charge on any atom is -0.313 e. The Hall–Kier alpha value is -1.49. The molecule has 104 valence electrons. The fourth-order valence-electron chi connectivity index (χ4n) is 1.45. The first-order chi connectivity index (χ1) is 8.92. The van der Waals surface area contributed by atoms with Crippen molar-refractivity contribution in [2.24, 2.45) is 0 Å². The second kappa shape index (κ2) is 7.19. The fraction of sp³-hybridized carbons (Fsp3) is 0.417. The van der Waals surface area contributed by atoms with E-state index in [1.807, 2.05) is 6.07 Å². The number of nitriles is 1. The van der Waals surface area contributed by atoms with Crippen molar-refractivity contribution >= 4 is 10.0 Å². The number of hydrogen-bond acceptors (Lipinski definition) is 4. The van der Waals surface area contributed by atoms with E-state index in [-0.39, 0.29) is 0 Å². The normalized spacial score (nSPS) is 11.2. The third kappa shape index (κ3) is 6.29. The molecule has 5 nitrogen and oxygen atoms in total. The minimum absolute atomic E-state index is 0.290. The van der Waals surface area contributed by atoms with Crippen LogP contribution in [0.5, 0.6) is 0 Å². The Morgan fingerprint density at radius 2 is 2.11 bits per heavy atom. The Morgan fingerprint density at radius 1 is 1.37 bits per heavy atom. The van der Waals surface area contributed by atoms with Crippen LogP contribution >= 0.6 is 0 Å². The molecule has 1 aromatic rings. The molecule has 0 heterocycles. The highest BCUT2D eigenvalue weighted by Crippen LogP contribution is 2.09. The van der Waals surface area contributed by atoms with Crippen LogP contribution in [0, 0.1) is 17.1 Å². The molecule has 1 rings (SSSR count). The molecular weight excluding hydrogens is 269 g/mol. The van der Waals surface area contributed by atoms with Gasteiger partial charge in [0.2, 0.25) is 10.0 Å². The molecule has 0 atom stereocenters. The molecule has 0 aliphatic rings. The average Bonchev–Trinajstić information content (AvgIpc) is 2.33. The summed E-state index contributed by atoms with van der Waals surface area (Å²) >= 11 is 0. The lowest BCUT2D eigenvalue weighted by molar-refractivity contribution is 0.570. The van der Waals surface area contributed by atoms with E-state index in [0.29, 0.717) is 37.2 Å². The largest absolute Gasteiger partial charge is 0.313 e. The summed E-state index contributed by atoms with van der Waals surface area (Å²) in [4.78, 5) is 0. The average molecular weight is 285 g/mol. The number of hydrogen-bond donors (Lipinski definition) is 2. The van der Waals surface area contributed by atoms with Crippen LogP contribution in [-0.4, -0.2) is 27.8 Å².